The van der Waals surface area contributed by atoms with Crippen molar-refractivity contribution in [1.29, 1.82) is 0 Å². The molecule has 0 saturated heterocycles. The Balaban J connectivity index is 0.00000288. The van der Waals surface area contributed by atoms with E-state index in [4.69, 9.17) is 0 Å². The van der Waals surface area contributed by atoms with Crippen LogP contribution in [0.5, 0.6) is 5.75 Å². The van der Waals surface area contributed by atoms with E-state index in [1.165, 1.54) is 6.07 Å². The molecule has 1 heterocycles. The number of halogens is 3. The molecule has 132 valence electrons. The van der Waals surface area contributed by atoms with E-state index in [0.29, 0.717) is 24.6 Å². The molecule has 2 N–H and O–H groups in total. The fraction of sp³-hybridized carbons (Fsp3) is 0.333. The first-order chi connectivity index (χ1) is 11.1. The predicted octanol–water partition coefficient (Wildman–Crippen LogP) is 3.54. The summed E-state index contributed by atoms with van der Waals surface area (Å²) in [4.78, 5) is 9.38. The molecule has 0 bridgehead atoms. The smallest absolute Gasteiger partial charge is 0.387 e. The van der Waals surface area contributed by atoms with E-state index in [-0.39, 0.29) is 29.7 Å². The summed E-state index contributed by atoms with van der Waals surface area (Å²) in [7, 11) is 1.65. The summed E-state index contributed by atoms with van der Waals surface area (Å²) < 4.78 is 29.3. The highest BCUT2D eigenvalue weighted by Crippen LogP contribution is 2.19. The Morgan fingerprint density at radius 1 is 1.29 bits per heavy atom. The number of nitrogens with one attached hydrogen (secondary N) is 2. The van der Waals surface area contributed by atoms with Gasteiger partial charge in [0.05, 0.1) is 11.6 Å². The molecule has 9 heteroatoms. The summed E-state index contributed by atoms with van der Waals surface area (Å²) in [5.41, 5.74) is 0.629. The zero-order valence-corrected chi connectivity index (χ0v) is 16.4. The van der Waals surface area contributed by atoms with E-state index in [1.807, 2.05) is 13.1 Å². The molecule has 0 radical (unpaired) electrons. The molecule has 0 saturated carbocycles. The summed E-state index contributed by atoms with van der Waals surface area (Å²) in [5, 5.41) is 7.23. The molecule has 24 heavy (non-hydrogen) atoms. The molecule has 2 rings (SSSR count). The third-order valence-electron chi connectivity index (χ3n) is 2.96. The lowest BCUT2D eigenvalue weighted by Crippen LogP contribution is -2.36. The molecule has 0 aliphatic rings. The number of ether oxygens (including phenoxy) is 1. The van der Waals surface area contributed by atoms with E-state index in [2.05, 4.69) is 25.3 Å². The number of hydrogen-bond acceptors (Lipinski definition) is 4. The van der Waals surface area contributed by atoms with Crippen LogP contribution < -0.4 is 15.4 Å². The topological polar surface area (TPSA) is 58.5 Å². The number of benzene rings is 1. The first-order valence-corrected chi connectivity index (χ1v) is 7.78. The van der Waals surface area contributed by atoms with E-state index in [9.17, 15) is 8.78 Å². The van der Waals surface area contributed by atoms with E-state index in [1.54, 1.807) is 36.6 Å². The predicted molar refractivity (Wildman–Crippen MR) is 102 cm³/mol. The number of alkyl halides is 2. The zero-order valence-electron chi connectivity index (χ0n) is 13.3. The Morgan fingerprint density at radius 2 is 2.00 bits per heavy atom. The zero-order chi connectivity index (χ0) is 16.7. The van der Waals surface area contributed by atoms with Gasteiger partial charge in [-0.3, -0.25) is 4.99 Å². The van der Waals surface area contributed by atoms with Gasteiger partial charge in [-0.2, -0.15) is 8.78 Å². The minimum Gasteiger partial charge on any atom is -0.434 e. The average Bonchev–Trinajstić information content (AvgIpc) is 2.94. The van der Waals surface area contributed by atoms with Gasteiger partial charge >= 0.3 is 6.61 Å². The second-order valence-electron chi connectivity index (χ2n) is 4.61. The lowest BCUT2D eigenvalue weighted by Gasteiger charge is -2.14. The number of hydrogen-bond donors (Lipinski definition) is 2. The molecule has 2 aromatic rings. The lowest BCUT2D eigenvalue weighted by molar-refractivity contribution is -0.0504. The molecular formula is C15H19F2IN4OS. The van der Waals surface area contributed by atoms with Crippen LogP contribution in [0.1, 0.15) is 15.4 Å². The molecule has 0 aliphatic heterocycles. The average molecular weight is 468 g/mol. The maximum absolute atomic E-state index is 12.4. The Bertz CT molecular complexity index is 666. The van der Waals surface area contributed by atoms with Crippen molar-refractivity contribution in [3.05, 3.63) is 45.9 Å². The molecule has 1 aromatic heterocycles. The number of thiazole rings is 1. The van der Waals surface area contributed by atoms with Crippen LogP contribution in [0.25, 0.3) is 0 Å². The summed E-state index contributed by atoms with van der Waals surface area (Å²) in [6, 6.07) is 6.66. The summed E-state index contributed by atoms with van der Waals surface area (Å²) >= 11 is 1.60. The number of para-hydroxylation sites is 1. The standard InChI is InChI=1S/C15H18F2N4OS.HI/c1-10-19-8-12(23-10)9-21-15(18-2)20-7-11-5-3-4-6-13(11)22-14(16)17;/h3-6,8,14H,7,9H2,1-2H3,(H2,18,20,21);1H. The van der Waals surface area contributed by atoms with Gasteiger partial charge in [0.1, 0.15) is 5.75 Å². The summed E-state index contributed by atoms with van der Waals surface area (Å²) in [6.45, 7) is 0.0226. The van der Waals surface area contributed by atoms with Gasteiger partial charge in [-0.05, 0) is 13.0 Å². The number of aryl methyl sites for hydroxylation is 1. The lowest BCUT2D eigenvalue weighted by atomic mass is 10.2. The third-order valence-corrected chi connectivity index (χ3v) is 3.87. The van der Waals surface area contributed by atoms with Gasteiger partial charge in [-0.15, -0.1) is 35.3 Å². The normalized spacial score (nSPS) is 11.1. The number of aromatic nitrogens is 1. The Labute approximate surface area is 160 Å². The Hall–Kier alpha value is -1.49. The molecule has 0 unspecified atom stereocenters. The van der Waals surface area contributed by atoms with Crippen LogP contribution in [0, 0.1) is 6.92 Å². The van der Waals surface area contributed by atoms with Crippen LogP contribution >= 0.6 is 35.3 Å². The van der Waals surface area contributed by atoms with Crippen molar-refractivity contribution in [2.75, 3.05) is 7.05 Å². The van der Waals surface area contributed by atoms with Crippen LogP contribution in [-0.4, -0.2) is 24.6 Å². The highest BCUT2D eigenvalue weighted by molar-refractivity contribution is 14.0. The van der Waals surface area contributed by atoms with Crippen LogP contribution in [0.4, 0.5) is 8.78 Å². The molecule has 0 fully saturated rings. The minimum atomic E-state index is -2.84. The molecule has 0 amide bonds. The number of nitrogens with zero attached hydrogens (tertiary/aromatic N) is 2. The van der Waals surface area contributed by atoms with Crippen molar-refractivity contribution in [3.8, 4) is 5.75 Å². The number of rotatable bonds is 6. The van der Waals surface area contributed by atoms with Gasteiger partial charge in [0.2, 0.25) is 0 Å². The fourth-order valence-corrected chi connectivity index (χ4v) is 2.65. The van der Waals surface area contributed by atoms with E-state index < -0.39 is 6.61 Å². The van der Waals surface area contributed by atoms with Crippen molar-refractivity contribution in [3.63, 3.8) is 0 Å². The van der Waals surface area contributed by atoms with Crippen molar-refractivity contribution >= 4 is 41.3 Å². The van der Waals surface area contributed by atoms with Gasteiger partial charge < -0.3 is 15.4 Å². The monoisotopic (exact) mass is 468 g/mol. The highest BCUT2D eigenvalue weighted by atomic mass is 127. The first kappa shape index (κ1) is 20.6. The SMILES string of the molecule is CN=C(NCc1cnc(C)s1)NCc1ccccc1OC(F)F.I. The van der Waals surface area contributed by atoms with Crippen molar-refractivity contribution in [1.82, 2.24) is 15.6 Å². The first-order valence-electron chi connectivity index (χ1n) is 6.97. The molecule has 0 aliphatic carbocycles. The van der Waals surface area contributed by atoms with Crippen LogP contribution in [0.2, 0.25) is 0 Å². The third kappa shape index (κ3) is 6.56. The molecular weight excluding hydrogens is 449 g/mol. The maximum Gasteiger partial charge on any atom is 0.387 e. The number of aliphatic imine (C=N–C) groups is 1. The van der Waals surface area contributed by atoms with Gasteiger partial charge in [-0.25, -0.2) is 4.98 Å². The largest absolute Gasteiger partial charge is 0.434 e. The van der Waals surface area contributed by atoms with Crippen molar-refractivity contribution in [2.45, 2.75) is 26.6 Å². The molecule has 0 spiro atoms. The second kappa shape index (κ2) is 10.4. The van der Waals surface area contributed by atoms with Gasteiger partial charge in [0.15, 0.2) is 5.96 Å². The van der Waals surface area contributed by atoms with E-state index in [0.717, 1.165) is 9.88 Å². The van der Waals surface area contributed by atoms with Gasteiger partial charge in [0, 0.05) is 30.2 Å². The maximum atomic E-state index is 12.4. The van der Waals surface area contributed by atoms with Gasteiger partial charge in [0.25, 0.3) is 0 Å². The van der Waals surface area contributed by atoms with E-state index >= 15 is 0 Å². The van der Waals surface area contributed by atoms with Crippen LogP contribution in [-0.2, 0) is 13.1 Å². The minimum absolute atomic E-state index is 0. The van der Waals surface area contributed by atoms with Gasteiger partial charge in [-0.1, -0.05) is 18.2 Å². The van der Waals surface area contributed by atoms with Crippen molar-refractivity contribution in [2.24, 2.45) is 4.99 Å². The second-order valence-corrected chi connectivity index (χ2v) is 5.93. The molecule has 0 atom stereocenters. The highest BCUT2D eigenvalue weighted by Gasteiger charge is 2.09. The molecule has 5 nitrogen and oxygen atoms in total. The Kier molecular flexibility index (Phi) is 8.90. The number of guanidine groups is 1. The Morgan fingerprint density at radius 3 is 2.62 bits per heavy atom. The molecule has 1 aromatic carbocycles. The van der Waals surface area contributed by atoms with Crippen molar-refractivity contribution < 1.29 is 13.5 Å². The fourth-order valence-electron chi connectivity index (χ4n) is 1.92. The van der Waals surface area contributed by atoms with Crippen LogP contribution in [0.3, 0.4) is 0 Å². The van der Waals surface area contributed by atoms with Crippen LogP contribution in [0.15, 0.2) is 35.5 Å². The quantitative estimate of drug-likeness (QED) is 0.387. The summed E-state index contributed by atoms with van der Waals surface area (Å²) in [6.07, 6.45) is 1.81. The summed E-state index contributed by atoms with van der Waals surface area (Å²) in [5.74, 6) is 0.728.